The van der Waals surface area contributed by atoms with Crippen LogP contribution in [0, 0.1) is 12.7 Å². The summed E-state index contributed by atoms with van der Waals surface area (Å²) in [6.45, 7) is 3.81. The molecule has 1 radical (unpaired) electrons. The average Bonchev–Trinajstić information content (AvgIpc) is 2.49. The maximum atomic E-state index is 12.9. The predicted molar refractivity (Wildman–Crippen MR) is 52.7 cm³/mol. The number of fused-ring (bicyclic) bond motifs is 1. The van der Waals surface area contributed by atoms with Gasteiger partial charge in [0.05, 0.1) is 0 Å². The van der Waals surface area contributed by atoms with E-state index in [1.54, 1.807) is 6.07 Å². The minimum absolute atomic E-state index is 0. The zero-order valence-corrected chi connectivity index (χ0v) is 8.89. The van der Waals surface area contributed by atoms with Crippen molar-refractivity contribution in [2.75, 3.05) is 0 Å². The smallest absolute Gasteiger partial charge is 0.123 e. The summed E-state index contributed by atoms with van der Waals surface area (Å²) in [7, 11) is 0. The van der Waals surface area contributed by atoms with Gasteiger partial charge in [0, 0.05) is 16.8 Å². The summed E-state index contributed by atoms with van der Waals surface area (Å²) in [6.07, 6.45) is 4.96. The Morgan fingerprint density at radius 1 is 1.36 bits per heavy atom. The number of hydrogen-bond acceptors (Lipinski definition) is 0. The van der Waals surface area contributed by atoms with Gasteiger partial charge in [-0.25, -0.2) is 4.39 Å². The second-order valence-corrected chi connectivity index (χ2v) is 3.34. The topological polar surface area (TPSA) is 0 Å². The number of halogens is 1. The number of allylic oxidation sites excluding steroid dienone is 2. The molecule has 0 saturated heterocycles. The molecule has 2 heteroatoms. The molecule has 0 saturated carbocycles. The fourth-order valence-electron chi connectivity index (χ4n) is 1.80. The quantitative estimate of drug-likeness (QED) is 0.688. The summed E-state index contributed by atoms with van der Waals surface area (Å²) in [5.41, 5.74) is 3.58. The summed E-state index contributed by atoms with van der Waals surface area (Å²) in [5.74, 6) is -0.143. The zero-order valence-electron chi connectivity index (χ0n) is 7.85. The maximum absolute atomic E-state index is 12.9. The third kappa shape index (κ3) is 2.07. The summed E-state index contributed by atoms with van der Waals surface area (Å²) < 4.78 is 12.9. The van der Waals surface area contributed by atoms with Gasteiger partial charge in [-0.3, -0.25) is 0 Å². The van der Waals surface area contributed by atoms with E-state index in [9.17, 15) is 4.39 Å². The van der Waals surface area contributed by atoms with Gasteiger partial charge in [0.1, 0.15) is 5.82 Å². The Hall–Kier alpha value is -0.604. The van der Waals surface area contributed by atoms with Gasteiger partial charge in [-0.05, 0) is 35.3 Å². The molecule has 0 spiro atoms. The van der Waals surface area contributed by atoms with Crippen molar-refractivity contribution < 1.29 is 21.2 Å². The molecule has 2 rings (SSSR count). The predicted octanol–water partition coefficient (Wildman–Crippen LogP) is 3.38. The van der Waals surface area contributed by atoms with Gasteiger partial charge in [0.25, 0.3) is 0 Å². The molecular formula is C12H12CoF-. The summed E-state index contributed by atoms with van der Waals surface area (Å²) in [4.78, 5) is 0. The second kappa shape index (κ2) is 4.76. The van der Waals surface area contributed by atoms with E-state index < -0.39 is 0 Å². The van der Waals surface area contributed by atoms with Crippen LogP contribution in [0.3, 0.4) is 0 Å². The van der Waals surface area contributed by atoms with Crippen molar-refractivity contribution in [2.45, 2.75) is 19.3 Å². The van der Waals surface area contributed by atoms with Crippen LogP contribution in [0.4, 0.5) is 4.39 Å². The summed E-state index contributed by atoms with van der Waals surface area (Å²) in [5, 5.41) is 0. The molecule has 1 aromatic rings. The van der Waals surface area contributed by atoms with E-state index in [1.165, 1.54) is 17.2 Å². The first-order chi connectivity index (χ1) is 6.31. The Morgan fingerprint density at radius 3 is 2.86 bits per heavy atom. The van der Waals surface area contributed by atoms with Gasteiger partial charge in [-0.15, -0.1) is 0 Å². The van der Waals surface area contributed by atoms with Crippen LogP contribution in [0.1, 0.15) is 24.0 Å². The van der Waals surface area contributed by atoms with E-state index in [0.29, 0.717) is 0 Å². The molecule has 0 N–H and O–H groups in total. The minimum Gasteiger partial charge on any atom is -0.343 e. The Balaban J connectivity index is 0.000000980. The largest absolute Gasteiger partial charge is 0.343 e. The van der Waals surface area contributed by atoms with E-state index in [4.69, 9.17) is 0 Å². The number of hydrogen-bond donors (Lipinski definition) is 0. The van der Waals surface area contributed by atoms with E-state index in [2.05, 4.69) is 13.0 Å². The molecule has 1 aromatic carbocycles. The monoisotopic (exact) mass is 234 g/mol. The molecule has 0 bridgehead atoms. The van der Waals surface area contributed by atoms with E-state index in [1.807, 2.05) is 6.07 Å². The molecule has 0 aliphatic heterocycles. The molecule has 0 unspecified atom stereocenters. The van der Waals surface area contributed by atoms with Crippen molar-refractivity contribution >= 4 is 5.57 Å². The average molecular weight is 234 g/mol. The third-order valence-corrected chi connectivity index (χ3v) is 2.43. The normalized spacial score (nSPS) is 13.1. The van der Waals surface area contributed by atoms with Crippen molar-refractivity contribution in [1.82, 2.24) is 0 Å². The molecule has 77 valence electrons. The fourth-order valence-corrected chi connectivity index (χ4v) is 1.80. The molecule has 1 aliphatic carbocycles. The minimum atomic E-state index is -0.143. The van der Waals surface area contributed by atoms with E-state index in [0.717, 1.165) is 24.8 Å². The number of benzene rings is 1. The van der Waals surface area contributed by atoms with Crippen LogP contribution in [-0.2, 0) is 23.2 Å². The molecule has 1 aliphatic rings. The van der Waals surface area contributed by atoms with Gasteiger partial charge in [-0.1, -0.05) is 18.6 Å². The Kier molecular flexibility index (Phi) is 3.90. The van der Waals surface area contributed by atoms with Gasteiger partial charge in [0.2, 0.25) is 0 Å². The first-order valence-corrected chi connectivity index (χ1v) is 4.58. The van der Waals surface area contributed by atoms with Crippen LogP contribution < -0.4 is 0 Å². The summed E-state index contributed by atoms with van der Waals surface area (Å²) >= 11 is 0. The van der Waals surface area contributed by atoms with Crippen LogP contribution in [-0.4, -0.2) is 0 Å². The van der Waals surface area contributed by atoms with Crippen LogP contribution >= 0.6 is 0 Å². The molecule has 0 nitrogen and oxygen atoms in total. The summed E-state index contributed by atoms with van der Waals surface area (Å²) in [6, 6.07) is 5.03. The molecule has 0 amide bonds. The van der Waals surface area contributed by atoms with Crippen LogP contribution in [0.15, 0.2) is 24.3 Å². The van der Waals surface area contributed by atoms with Crippen molar-refractivity contribution in [3.05, 3.63) is 48.1 Å². The molecule has 0 fully saturated rings. The van der Waals surface area contributed by atoms with Crippen molar-refractivity contribution in [3.63, 3.8) is 0 Å². The van der Waals surface area contributed by atoms with Crippen LogP contribution in [0.5, 0.6) is 0 Å². The van der Waals surface area contributed by atoms with Gasteiger partial charge >= 0.3 is 0 Å². The maximum Gasteiger partial charge on any atom is 0.123 e. The zero-order chi connectivity index (χ0) is 9.26. The van der Waals surface area contributed by atoms with Crippen molar-refractivity contribution in [3.8, 4) is 0 Å². The van der Waals surface area contributed by atoms with E-state index in [-0.39, 0.29) is 22.6 Å². The molecule has 0 atom stereocenters. The van der Waals surface area contributed by atoms with E-state index >= 15 is 0 Å². The van der Waals surface area contributed by atoms with Gasteiger partial charge in [0.15, 0.2) is 0 Å². The fraction of sp³-hybridized carbons (Fsp3) is 0.250. The molecular weight excluding hydrogens is 222 g/mol. The number of rotatable bonds is 2. The molecule has 0 heterocycles. The molecule has 0 aromatic heterocycles. The first kappa shape index (κ1) is 11.5. The Bertz CT molecular complexity index is 355. The first-order valence-electron chi connectivity index (χ1n) is 4.58. The standard InChI is InChI=1S/C12H12F.Co/c1-2-3-9-4-5-10-6-7-11(13)8-12(9)10;/h4,6-8H,1-3,5H2;/q-1;. The van der Waals surface area contributed by atoms with Crippen molar-refractivity contribution in [1.29, 1.82) is 0 Å². The van der Waals surface area contributed by atoms with Crippen LogP contribution in [0.25, 0.3) is 5.57 Å². The third-order valence-electron chi connectivity index (χ3n) is 2.43. The SMILES string of the molecule is [CH2-]CCC1=CCc2ccc(F)cc21.[Co]. The van der Waals surface area contributed by atoms with Gasteiger partial charge in [-0.2, -0.15) is 6.42 Å². The Labute approximate surface area is 94.4 Å². The Morgan fingerprint density at radius 2 is 2.14 bits per heavy atom. The van der Waals surface area contributed by atoms with Crippen molar-refractivity contribution in [2.24, 2.45) is 0 Å². The van der Waals surface area contributed by atoms with Gasteiger partial charge < -0.3 is 6.92 Å². The molecule has 14 heavy (non-hydrogen) atoms. The van der Waals surface area contributed by atoms with Crippen LogP contribution in [0.2, 0.25) is 0 Å². The second-order valence-electron chi connectivity index (χ2n) is 3.34.